The van der Waals surface area contributed by atoms with Crippen molar-refractivity contribution >= 4 is 11.6 Å². The molecule has 0 aliphatic carbocycles. The minimum Gasteiger partial charge on any atom is -0.485 e. The van der Waals surface area contributed by atoms with Gasteiger partial charge in [0.2, 0.25) is 6.10 Å². The van der Waals surface area contributed by atoms with Gasteiger partial charge in [0.15, 0.2) is 17.1 Å². The predicted molar refractivity (Wildman–Crippen MR) is 97.9 cm³/mol. The van der Waals surface area contributed by atoms with Crippen LogP contribution in [-0.4, -0.2) is 51.2 Å². The molecule has 1 saturated heterocycles. The zero-order valence-electron chi connectivity index (χ0n) is 14.8. The number of ether oxygens (including phenoxy) is 2. The fraction of sp³-hybridized carbons (Fsp3) is 0.350. The number of hydrogen-bond donors (Lipinski definition) is 0. The summed E-state index contributed by atoms with van der Waals surface area (Å²) >= 11 is 0. The van der Waals surface area contributed by atoms with Gasteiger partial charge in [-0.2, -0.15) is 0 Å². The molecular formula is C20H20N4O3. The van der Waals surface area contributed by atoms with E-state index >= 15 is 0 Å². The van der Waals surface area contributed by atoms with Crippen LogP contribution in [0.25, 0.3) is 5.65 Å². The van der Waals surface area contributed by atoms with Crippen molar-refractivity contribution in [3.63, 3.8) is 0 Å². The normalized spacial score (nSPS) is 22.0. The van der Waals surface area contributed by atoms with E-state index in [9.17, 15) is 4.79 Å². The summed E-state index contributed by atoms with van der Waals surface area (Å²) in [6.45, 7) is 1.59. The van der Waals surface area contributed by atoms with E-state index < -0.39 is 6.10 Å². The number of para-hydroxylation sites is 2. The van der Waals surface area contributed by atoms with Gasteiger partial charge in [-0.05, 0) is 37.1 Å². The zero-order chi connectivity index (χ0) is 18.2. The molecule has 7 heteroatoms. The number of fused-ring (bicyclic) bond motifs is 2. The fourth-order valence-corrected chi connectivity index (χ4v) is 3.87. The Balaban J connectivity index is 1.33. The largest absolute Gasteiger partial charge is 0.485 e. The molecule has 0 radical (unpaired) electrons. The van der Waals surface area contributed by atoms with Crippen molar-refractivity contribution in [2.75, 3.05) is 19.7 Å². The molecule has 0 spiro atoms. The molecule has 0 saturated carbocycles. The number of pyridine rings is 1. The fourth-order valence-electron chi connectivity index (χ4n) is 3.87. The van der Waals surface area contributed by atoms with Gasteiger partial charge < -0.3 is 14.4 Å². The zero-order valence-corrected chi connectivity index (χ0v) is 14.8. The lowest BCUT2D eigenvalue weighted by Crippen LogP contribution is -2.49. The Morgan fingerprint density at radius 3 is 2.85 bits per heavy atom. The maximum Gasteiger partial charge on any atom is 0.267 e. The Morgan fingerprint density at radius 1 is 1.07 bits per heavy atom. The van der Waals surface area contributed by atoms with Crippen LogP contribution >= 0.6 is 0 Å². The molecule has 0 N–H and O–H groups in total. The van der Waals surface area contributed by atoms with Gasteiger partial charge in [-0.25, -0.2) is 0 Å². The Morgan fingerprint density at radius 2 is 1.93 bits per heavy atom. The third-order valence-corrected chi connectivity index (χ3v) is 5.22. The second kappa shape index (κ2) is 6.57. The van der Waals surface area contributed by atoms with Crippen LogP contribution in [-0.2, 0) is 4.79 Å². The van der Waals surface area contributed by atoms with E-state index in [4.69, 9.17) is 9.47 Å². The van der Waals surface area contributed by atoms with E-state index in [1.54, 1.807) is 0 Å². The van der Waals surface area contributed by atoms with Crippen LogP contribution in [0.5, 0.6) is 11.5 Å². The molecule has 2 aromatic heterocycles. The first-order valence-corrected chi connectivity index (χ1v) is 9.26. The number of nitrogens with zero attached hydrogens (tertiary/aromatic N) is 4. The van der Waals surface area contributed by atoms with Gasteiger partial charge in [0.1, 0.15) is 12.4 Å². The van der Waals surface area contributed by atoms with Crippen LogP contribution < -0.4 is 9.47 Å². The molecule has 1 aromatic carbocycles. The monoisotopic (exact) mass is 364 g/mol. The summed E-state index contributed by atoms with van der Waals surface area (Å²) in [5.74, 6) is 2.36. The topological polar surface area (TPSA) is 69.0 Å². The molecule has 2 aliphatic rings. The first kappa shape index (κ1) is 16.1. The van der Waals surface area contributed by atoms with Crippen molar-refractivity contribution in [2.45, 2.75) is 24.9 Å². The lowest BCUT2D eigenvalue weighted by molar-refractivity contribution is -0.142. The summed E-state index contributed by atoms with van der Waals surface area (Å²) in [4.78, 5) is 14.9. The lowest BCUT2D eigenvalue weighted by Gasteiger charge is -2.35. The molecule has 2 aliphatic heterocycles. The van der Waals surface area contributed by atoms with Crippen molar-refractivity contribution in [2.24, 2.45) is 0 Å². The SMILES string of the molecule is O=C([C@H]1COc2ccccc2O1)N1CCC[C@@H](c2nnc3ccccn23)C1. The average molecular weight is 364 g/mol. The summed E-state index contributed by atoms with van der Waals surface area (Å²) < 4.78 is 13.6. The molecule has 138 valence electrons. The van der Waals surface area contributed by atoms with E-state index in [0.717, 1.165) is 30.9 Å². The van der Waals surface area contributed by atoms with Gasteiger partial charge in [0.25, 0.3) is 5.91 Å². The molecule has 2 atom stereocenters. The van der Waals surface area contributed by atoms with Crippen LogP contribution in [0.15, 0.2) is 48.7 Å². The number of carbonyl (C=O) groups excluding carboxylic acids is 1. The van der Waals surface area contributed by atoms with Gasteiger partial charge in [-0.15, -0.1) is 10.2 Å². The molecular weight excluding hydrogens is 344 g/mol. The molecule has 1 fully saturated rings. The van der Waals surface area contributed by atoms with Gasteiger partial charge in [-0.3, -0.25) is 9.20 Å². The van der Waals surface area contributed by atoms with Crippen LogP contribution in [0.4, 0.5) is 0 Å². The van der Waals surface area contributed by atoms with E-state index in [0.29, 0.717) is 18.0 Å². The summed E-state index contributed by atoms with van der Waals surface area (Å²) in [6, 6.07) is 13.3. The highest BCUT2D eigenvalue weighted by molar-refractivity contribution is 5.82. The highest BCUT2D eigenvalue weighted by Crippen LogP contribution is 2.32. The first-order valence-electron chi connectivity index (χ1n) is 9.26. The van der Waals surface area contributed by atoms with Crippen molar-refractivity contribution in [1.29, 1.82) is 0 Å². The second-order valence-electron chi connectivity index (χ2n) is 6.97. The standard InChI is InChI=1S/C20H20N4O3/c25-20(17-13-26-15-7-1-2-8-16(15)27-17)23-10-5-6-14(12-23)19-22-21-18-9-3-4-11-24(18)19/h1-4,7-9,11,14,17H,5-6,10,12-13H2/t14-,17-/m1/s1. The molecule has 4 heterocycles. The number of benzene rings is 1. The Labute approximate surface area is 156 Å². The molecule has 7 nitrogen and oxygen atoms in total. The van der Waals surface area contributed by atoms with Crippen LogP contribution in [0.3, 0.4) is 0 Å². The minimum absolute atomic E-state index is 0.0250. The average Bonchev–Trinajstić information content (AvgIpc) is 3.17. The molecule has 3 aromatic rings. The molecule has 27 heavy (non-hydrogen) atoms. The van der Waals surface area contributed by atoms with Crippen molar-refractivity contribution < 1.29 is 14.3 Å². The number of rotatable bonds is 2. The summed E-state index contributed by atoms with van der Waals surface area (Å²) in [5.41, 5.74) is 0.830. The number of aromatic nitrogens is 3. The quantitative estimate of drug-likeness (QED) is 0.698. The van der Waals surface area contributed by atoms with E-state index in [2.05, 4.69) is 10.2 Å². The Bertz CT molecular complexity index is 986. The van der Waals surface area contributed by atoms with Gasteiger partial charge >= 0.3 is 0 Å². The van der Waals surface area contributed by atoms with Gasteiger partial charge in [0.05, 0.1) is 0 Å². The summed E-state index contributed by atoms with van der Waals surface area (Å²) in [5, 5.41) is 8.62. The Kier molecular flexibility index (Phi) is 3.92. The van der Waals surface area contributed by atoms with Crippen LogP contribution in [0.1, 0.15) is 24.6 Å². The third kappa shape index (κ3) is 2.89. The van der Waals surface area contributed by atoms with Crippen molar-refractivity contribution in [3.05, 3.63) is 54.5 Å². The van der Waals surface area contributed by atoms with E-state index in [1.807, 2.05) is 58.0 Å². The third-order valence-electron chi connectivity index (χ3n) is 5.22. The number of piperidine rings is 1. The highest BCUT2D eigenvalue weighted by atomic mass is 16.6. The van der Waals surface area contributed by atoms with Gasteiger partial charge in [0, 0.05) is 25.2 Å². The maximum atomic E-state index is 13.0. The molecule has 0 unspecified atom stereocenters. The Hall–Kier alpha value is -3.09. The number of likely N-dealkylation sites (tertiary alicyclic amines) is 1. The first-order chi connectivity index (χ1) is 13.3. The molecule has 1 amide bonds. The minimum atomic E-state index is -0.603. The highest BCUT2D eigenvalue weighted by Gasteiger charge is 2.34. The van der Waals surface area contributed by atoms with Crippen LogP contribution in [0.2, 0.25) is 0 Å². The van der Waals surface area contributed by atoms with Crippen molar-refractivity contribution in [3.8, 4) is 11.5 Å². The molecule has 5 rings (SSSR count). The summed E-state index contributed by atoms with van der Waals surface area (Å²) in [7, 11) is 0. The van der Waals surface area contributed by atoms with E-state index in [1.165, 1.54) is 0 Å². The van der Waals surface area contributed by atoms with Gasteiger partial charge in [-0.1, -0.05) is 18.2 Å². The van der Waals surface area contributed by atoms with Crippen LogP contribution in [0, 0.1) is 0 Å². The van der Waals surface area contributed by atoms with Crippen molar-refractivity contribution in [1.82, 2.24) is 19.5 Å². The lowest BCUT2D eigenvalue weighted by atomic mass is 9.96. The number of hydrogen-bond acceptors (Lipinski definition) is 5. The second-order valence-corrected chi connectivity index (χ2v) is 6.97. The predicted octanol–water partition coefficient (Wildman–Crippen LogP) is 2.28. The maximum absolute atomic E-state index is 13.0. The number of carbonyl (C=O) groups is 1. The number of amides is 1. The smallest absolute Gasteiger partial charge is 0.267 e. The molecule has 0 bridgehead atoms. The van der Waals surface area contributed by atoms with E-state index in [-0.39, 0.29) is 18.4 Å². The summed E-state index contributed by atoms with van der Waals surface area (Å²) in [6.07, 6.45) is 3.29.